The fourth-order valence-corrected chi connectivity index (χ4v) is 4.09. The zero-order valence-corrected chi connectivity index (χ0v) is 14.9. The van der Waals surface area contributed by atoms with Crippen molar-refractivity contribution in [2.75, 3.05) is 5.75 Å². The van der Waals surface area contributed by atoms with Gasteiger partial charge in [-0.05, 0) is 42.3 Å². The first-order valence-corrected chi connectivity index (χ1v) is 9.21. The minimum absolute atomic E-state index is 0.159. The van der Waals surface area contributed by atoms with Crippen LogP contribution in [0.1, 0.15) is 23.4 Å². The molecule has 0 radical (unpaired) electrons. The molecule has 1 saturated heterocycles. The fourth-order valence-electron chi connectivity index (χ4n) is 2.84. The highest BCUT2D eigenvalue weighted by atomic mass is 32.2. The van der Waals surface area contributed by atoms with Gasteiger partial charge in [0.1, 0.15) is 23.1 Å². The molecule has 1 N–H and O–H groups in total. The fraction of sp³-hybridized carbons (Fsp3) is 0.263. The van der Waals surface area contributed by atoms with Gasteiger partial charge >= 0.3 is 0 Å². The number of rotatable bonds is 5. The summed E-state index contributed by atoms with van der Waals surface area (Å²) in [5.74, 6) is -0.946. The zero-order chi connectivity index (χ0) is 18.7. The average molecular weight is 376 g/mol. The van der Waals surface area contributed by atoms with Crippen LogP contribution in [0.25, 0.3) is 0 Å². The second kappa shape index (κ2) is 7.86. The summed E-state index contributed by atoms with van der Waals surface area (Å²) in [6.45, 7) is 1.89. The van der Waals surface area contributed by atoms with E-state index in [1.807, 2.05) is 0 Å². The molecule has 136 valence electrons. The molecule has 2 aromatic rings. The summed E-state index contributed by atoms with van der Waals surface area (Å²) >= 11 is 1.37. The second-order valence-corrected chi connectivity index (χ2v) is 7.11. The van der Waals surface area contributed by atoms with Crippen LogP contribution in [-0.4, -0.2) is 28.5 Å². The van der Waals surface area contributed by atoms with Crippen LogP contribution < -0.4 is 5.32 Å². The molecular weight excluding hydrogens is 358 g/mol. The van der Waals surface area contributed by atoms with Crippen molar-refractivity contribution in [3.8, 4) is 0 Å². The molecule has 0 aromatic heterocycles. The lowest BCUT2D eigenvalue weighted by atomic mass is 10.1. The van der Waals surface area contributed by atoms with E-state index in [0.717, 1.165) is 5.56 Å². The molecule has 1 aliphatic heterocycles. The molecule has 0 bridgehead atoms. The number of hydrogen-bond acceptors (Lipinski definition) is 3. The summed E-state index contributed by atoms with van der Waals surface area (Å²) in [6.07, 6.45) is 0. The van der Waals surface area contributed by atoms with Crippen molar-refractivity contribution < 1.29 is 18.4 Å². The highest BCUT2D eigenvalue weighted by Gasteiger charge is 2.38. The van der Waals surface area contributed by atoms with Crippen LogP contribution >= 0.6 is 11.8 Å². The summed E-state index contributed by atoms with van der Waals surface area (Å²) in [4.78, 5) is 26.3. The van der Waals surface area contributed by atoms with E-state index in [0.29, 0.717) is 5.56 Å². The largest absolute Gasteiger partial charge is 0.350 e. The minimum Gasteiger partial charge on any atom is -0.350 e. The molecular formula is C19H18F2N2O2S. The van der Waals surface area contributed by atoms with Gasteiger partial charge in [-0.15, -0.1) is 11.8 Å². The molecule has 4 nitrogen and oxygen atoms in total. The van der Waals surface area contributed by atoms with Crippen LogP contribution in [0.4, 0.5) is 8.78 Å². The van der Waals surface area contributed by atoms with Gasteiger partial charge < -0.3 is 10.2 Å². The summed E-state index contributed by atoms with van der Waals surface area (Å²) in [5.41, 5.74) is 1.41. The van der Waals surface area contributed by atoms with Gasteiger partial charge in [0.15, 0.2) is 0 Å². The Morgan fingerprint density at radius 3 is 2.65 bits per heavy atom. The maximum atomic E-state index is 13.5. The van der Waals surface area contributed by atoms with Crippen LogP contribution in [0.2, 0.25) is 0 Å². The van der Waals surface area contributed by atoms with Gasteiger partial charge in [-0.25, -0.2) is 8.78 Å². The first-order chi connectivity index (χ1) is 12.5. The van der Waals surface area contributed by atoms with Gasteiger partial charge in [0.25, 0.3) is 0 Å². The number of hydrogen-bond donors (Lipinski definition) is 1. The molecule has 0 unspecified atom stereocenters. The lowest BCUT2D eigenvalue weighted by Crippen LogP contribution is -2.46. The van der Waals surface area contributed by atoms with Crippen molar-refractivity contribution in [3.05, 3.63) is 71.3 Å². The predicted octanol–water partition coefficient (Wildman–Crippen LogP) is 3.24. The van der Waals surface area contributed by atoms with Crippen LogP contribution in [0.3, 0.4) is 0 Å². The van der Waals surface area contributed by atoms with E-state index in [1.54, 1.807) is 31.2 Å². The second-order valence-electron chi connectivity index (χ2n) is 6.04. The van der Waals surface area contributed by atoms with Crippen molar-refractivity contribution in [2.45, 2.75) is 24.9 Å². The normalized spacial score (nSPS) is 18.0. The Kier molecular flexibility index (Phi) is 5.56. The number of halogens is 2. The van der Waals surface area contributed by atoms with E-state index in [1.165, 1.54) is 40.9 Å². The van der Waals surface area contributed by atoms with E-state index >= 15 is 0 Å². The third-order valence-corrected chi connectivity index (χ3v) is 5.44. The number of benzene rings is 2. The maximum absolute atomic E-state index is 13.5. The van der Waals surface area contributed by atoms with E-state index in [-0.39, 0.29) is 35.7 Å². The minimum atomic E-state index is -0.703. The van der Waals surface area contributed by atoms with Crippen molar-refractivity contribution in [1.29, 1.82) is 0 Å². The number of carbonyl (C=O) groups excluding carboxylic acids is 2. The molecule has 0 saturated carbocycles. The summed E-state index contributed by atoms with van der Waals surface area (Å²) < 4.78 is 26.5. The van der Waals surface area contributed by atoms with Crippen LogP contribution in [-0.2, 0) is 16.1 Å². The molecule has 0 aliphatic carbocycles. The lowest BCUT2D eigenvalue weighted by molar-refractivity contribution is -0.137. The molecule has 0 spiro atoms. The number of nitrogens with one attached hydrogen (secondary N) is 1. The van der Waals surface area contributed by atoms with Gasteiger partial charge in [0.05, 0.1) is 5.75 Å². The zero-order valence-electron chi connectivity index (χ0n) is 14.1. The average Bonchev–Trinajstić information content (AvgIpc) is 3.02. The molecule has 3 rings (SSSR count). The quantitative estimate of drug-likeness (QED) is 0.872. The van der Waals surface area contributed by atoms with Crippen molar-refractivity contribution in [2.24, 2.45) is 0 Å². The standard InChI is InChI=1S/C19H18F2N2O2S/c1-12(18(25)22-10-13-5-7-15(20)8-6-13)23-17(24)11-26-19(23)14-3-2-4-16(21)9-14/h2-9,12,19H,10-11H2,1H3,(H,22,25)/t12-,19+/m1/s1. The van der Waals surface area contributed by atoms with Gasteiger partial charge in [-0.3, -0.25) is 9.59 Å². The van der Waals surface area contributed by atoms with Gasteiger partial charge in [-0.1, -0.05) is 24.3 Å². The number of nitrogens with zero attached hydrogens (tertiary/aromatic N) is 1. The third-order valence-electron chi connectivity index (χ3n) is 4.22. The Labute approximate surface area is 154 Å². The van der Waals surface area contributed by atoms with E-state index < -0.39 is 11.4 Å². The third kappa shape index (κ3) is 4.04. The van der Waals surface area contributed by atoms with Gasteiger partial charge in [0, 0.05) is 6.54 Å². The van der Waals surface area contributed by atoms with Gasteiger partial charge in [-0.2, -0.15) is 0 Å². The van der Waals surface area contributed by atoms with E-state index in [4.69, 9.17) is 0 Å². The molecule has 7 heteroatoms. The smallest absolute Gasteiger partial charge is 0.242 e. The highest BCUT2D eigenvalue weighted by molar-refractivity contribution is 8.00. The molecule has 26 heavy (non-hydrogen) atoms. The molecule has 2 amide bonds. The van der Waals surface area contributed by atoms with Crippen molar-refractivity contribution >= 4 is 23.6 Å². The topological polar surface area (TPSA) is 49.4 Å². The van der Waals surface area contributed by atoms with Crippen LogP contribution in [0, 0.1) is 11.6 Å². The first-order valence-electron chi connectivity index (χ1n) is 8.16. The molecule has 2 atom stereocenters. The summed E-state index contributed by atoms with van der Waals surface area (Å²) in [7, 11) is 0. The Hall–Kier alpha value is -2.41. The molecule has 1 heterocycles. The van der Waals surface area contributed by atoms with Crippen molar-refractivity contribution in [3.63, 3.8) is 0 Å². The lowest BCUT2D eigenvalue weighted by Gasteiger charge is -2.29. The summed E-state index contributed by atoms with van der Waals surface area (Å²) in [6, 6.07) is 11.2. The Bertz CT molecular complexity index is 813. The SMILES string of the molecule is C[C@H](C(=O)NCc1ccc(F)cc1)N1C(=O)CS[C@H]1c1cccc(F)c1. The maximum Gasteiger partial charge on any atom is 0.242 e. The van der Waals surface area contributed by atoms with Crippen LogP contribution in [0.15, 0.2) is 48.5 Å². The predicted molar refractivity (Wildman–Crippen MR) is 96.2 cm³/mol. The van der Waals surface area contributed by atoms with Gasteiger partial charge in [0.2, 0.25) is 11.8 Å². The number of amides is 2. The molecule has 2 aromatic carbocycles. The Balaban J connectivity index is 1.69. The molecule has 1 fully saturated rings. The number of thioether (sulfide) groups is 1. The summed E-state index contributed by atoms with van der Waals surface area (Å²) in [5, 5.41) is 2.36. The van der Waals surface area contributed by atoms with Crippen molar-refractivity contribution in [1.82, 2.24) is 10.2 Å². The highest BCUT2D eigenvalue weighted by Crippen LogP contribution is 2.40. The Morgan fingerprint density at radius 2 is 1.96 bits per heavy atom. The Morgan fingerprint density at radius 1 is 1.23 bits per heavy atom. The van der Waals surface area contributed by atoms with E-state index in [9.17, 15) is 18.4 Å². The number of carbonyl (C=O) groups is 2. The monoisotopic (exact) mass is 376 g/mol. The molecule has 1 aliphatic rings. The first kappa shape index (κ1) is 18.4. The van der Waals surface area contributed by atoms with E-state index in [2.05, 4.69) is 5.32 Å². The van der Waals surface area contributed by atoms with Crippen LogP contribution in [0.5, 0.6) is 0 Å².